The summed E-state index contributed by atoms with van der Waals surface area (Å²) in [5.41, 5.74) is 8.85. The number of rotatable bonds is 3. The van der Waals surface area contributed by atoms with Crippen LogP contribution in [0.3, 0.4) is 0 Å². The number of nitrogens with two attached hydrogens (primary N) is 1. The smallest absolute Gasteiger partial charge is 0.202 e. The zero-order valence-corrected chi connectivity index (χ0v) is 12.6. The molecule has 0 aliphatic heterocycles. The van der Waals surface area contributed by atoms with Crippen LogP contribution in [0.2, 0.25) is 0 Å². The number of benzene rings is 1. The van der Waals surface area contributed by atoms with Crippen molar-refractivity contribution < 1.29 is 4.42 Å². The number of oxazole rings is 1. The van der Waals surface area contributed by atoms with Gasteiger partial charge in [-0.15, -0.1) is 0 Å². The molecule has 1 aromatic heterocycles. The van der Waals surface area contributed by atoms with Crippen LogP contribution in [-0.2, 0) is 10.8 Å². The van der Waals surface area contributed by atoms with Crippen molar-refractivity contribution >= 4 is 11.1 Å². The molecule has 1 unspecified atom stereocenters. The highest BCUT2D eigenvalue weighted by Crippen LogP contribution is 2.31. The van der Waals surface area contributed by atoms with Crippen LogP contribution in [0.1, 0.15) is 52.5 Å². The van der Waals surface area contributed by atoms with Crippen LogP contribution in [0, 0.1) is 0 Å². The SMILES string of the molecule is CCC(C)(CN)c1nc2cc(C(C)(C)C)ccc2o1. The Kier molecular flexibility index (Phi) is 3.43. The molecule has 2 N–H and O–H groups in total. The largest absolute Gasteiger partial charge is 0.440 e. The van der Waals surface area contributed by atoms with E-state index in [2.05, 4.69) is 51.7 Å². The summed E-state index contributed by atoms with van der Waals surface area (Å²) < 4.78 is 5.89. The molecule has 0 radical (unpaired) electrons. The third-order valence-electron chi connectivity index (χ3n) is 4.00. The van der Waals surface area contributed by atoms with Gasteiger partial charge in [-0.3, -0.25) is 0 Å². The molecular weight excluding hydrogens is 236 g/mol. The van der Waals surface area contributed by atoms with Gasteiger partial charge in [0.2, 0.25) is 5.89 Å². The van der Waals surface area contributed by atoms with Crippen LogP contribution in [0.25, 0.3) is 11.1 Å². The molecule has 0 fully saturated rings. The van der Waals surface area contributed by atoms with Gasteiger partial charge in [-0.1, -0.05) is 33.8 Å². The molecule has 1 atom stereocenters. The van der Waals surface area contributed by atoms with Gasteiger partial charge in [0.25, 0.3) is 0 Å². The number of nitrogens with zero attached hydrogens (tertiary/aromatic N) is 1. The maximum atomic E-state index is 5.89. The highest BCUT2D eigenvalue weighted by molar-refractivity contribution is 5.74. The summed E-state index contributed by atoms with van der Waals surface area (Å²) in [6.07, 6.45) is 0.919. The molecule has 1 heterocycles. The first-order valence-electron chi connectivity index (χ1n) is 6.92. The topological polar surface area (TPSA) is 52.0 Å². The van der Waals surface area contributed by atoms with Crippen molar-refractivity contribution in [1.82, 2.24) is 4.98 Å². The van der Waals surface area contributed by atoms with Gasteiger partial charge in [-0.2, -0.15) is 0 Å². The Bertz CT molecular complexity index is 574. The molecule has 0 amide bonds. The van der Waals surface area contributed by atoms with E-state index in [0.717, 1.165) is 23.4 Å². The maximum absolute atomic E-state index is 5.89. The van der Waals surface area contributed by atoms with E-state index in [0.29, 0.717) is 6.54 Å². The normalized spacial score (nSPS) is 15.7. The first kappa shape index (κ1) is 14.1. The standard InChI is InChI=1S/C16H24N2O/c1-6-16(5,10-17)14-18-12-9-11(15(2,3)4)7-8-13(12)19-14/h7-9H,6,10,17H2,1-5H3. The Morgan fingerprint density at radius 1 is 1.21 bits per heavy atom. The molecule has 0 bridgehead atoms. The summed E-state index contributed by atoms with van der Waals surface area (Å²) in [7, 11) is 0. The molecular formula is C16H24N2O. The zero-order valence-electron chi connectivity index (χ0n) is 12.6. The van der Waals surface area contributed by atoms with E-state index >= 15 is 0 Å². The van der Waals surface area contributed by atoms with Crippen LogP contribution in [0.15, 0.2) is 22.6 Å². The Balaban J connectivity index is 2.52. The quantitative estimate of drug-likeness (QED) is 0.914. The molecule has 2 aromatic rings. The summed E-state index contributed by atoms with van der Waals surface area (Å²) in [6.45, 7) is 11.4. The lowest BCUT2D eigenvalue weighted by molar-refractivity contribution is 0.354. The van der Waals surface area contributed by atoms with Gasteiger partial charge in [0.1, 0.15) is 5.52 Å². The second kappa shape index (κ2) is 4.64. The van der Waals surface area contributed by atoms with E-state index in [1.54, 1.807) is 0 Å². The second-order valence-corrected chi connectivity index (χ2v) is 6.57. The minimum absolute atomic E-state index is 0.120. The zero-order chi connectivity index (χ0) is 14.3. The third-order valence-corrected chi connectivity index (χ3v) is 4.00. The van der Waals surface area contributed by atoms with E-state index < -0.39 is 0 Å². The Morgan fingerprint density at radius 2 is 1.89 bits per heavy atom. The summed E-state index contributed by atoms with van der Waals surface area (Å²) in [5, 5.41) is 0. The van der Waals surface area contributed by atoms with E-state index in [4.69, 9.17) is 10.2 Å². The van der Waals surface area contributed by atoms with Crippen molar-refractivity contribution in [3.05, 3.63) is 29.7 Å². The van der Waals surface area contributed by atoms with Crippen molar-refractivity contribution in [3.63, 3.8) is 0 Å². The van der Waals surface area contributed by atoms with Crippen LogP contribution < -0.4 is 5.73 Å². The minimum Gasteiger partial charge on any atom is -0.440 e. The van der Waals surface area contributed by atoms with E-state index in [-0.39, 0.29) is 10.8 Å². The molecule has 3 nitrogen and oxygen atoms in total. The average Bonchev–Trinajstić information content (AvgIpc) is 2.80. The van der Waals surface area contributed by atoms with Gasteiger partial charge in [0.15, 0.2) is 5.58 Å². The van der Waals surface area contributed by atoms with Crippen molar-refractivity contribution in [2.75, 3.05) is 6.54 Å². The minimum atomic E-state index is -0.180. The number of fused-ring (bicyclic) bond motifs is 1. The maximum Gasteiger partial charge on any atom is 0.202 e. The third kappa shape index (κ3) is 2.52. The molecule has 2 rings (SSSR count). The molecule has 1 aromatic carbocycles. The second-order valence-electron chi connectivity index (χ2n) is 6.57. The Labute approximate surface area is 115 Å². The van der Waals surface area contributed by atoms with Gasteiger partial charge < -0.3 is 10.2 Å². The first-order valence-corrected chi connectivity index (χ1v) is 6.92. The predicted octanol–water partition coefficient (Wildman–Crippen LogP) is 3.75. The van der Waals surface area contributed by atoms with Crippen LogP contribution in [0.4, 0.5) is 0 Å². The summed E-state index contributed by atoms with van der Waals surface area (Å²) in [4.78, 5) is 4.65. The molecule has 0 saturated heterocycles. The lowest BCUT2D eigenvalue weighted by atomic mass is 9.87. The summed E-state index contributed by atoms with van der Waals surface area (Å²) in [6, 6.07) is 6.25. The van der Waals surface area contributed by atoms with Gasteiger partial charge in [-0.25, -0.2) is 4.98 Å². The van der Waals surface area contributed by atoms with E-state index in [1.165, 1.54) is 5.56 Å². The summed E-state index contributed by atoms with van der Waals surface area (Å²) in [5.74, 6) is 0.749. The Hall–Kier alpha value is -1.35. The van der Waals surface area contributed by atoms with Crippen LogP contribution in [0.5, 0.6) is 0 Å². The monoisotopic (exact) mass is 260 g/mol. The van der Waals surface area contributed by atoms with E-state index in [9.17, 15) is 0 Å². The lowest BCUT2D eigenvalue weighted by Gasteiger charge is -2.21. The average molecular weight is 260 g/mol. The molecule has 0 spiro atoms. The van der Waals surface area contributed by atoms with Crippen molar-refractivity contribution in [2.24, 2.45) is 5.73 Å². The fourth-order valence-corrected chi connectivity index (χ4v) is 2.03. The number of hydrogen-bond acceptors (Lipinski definition) is 3. The molecule has 19 heavy (non-hydrogen) atoms. The van der Waals surface area contributed by atoms with Crippen molar-refractivity contribution in [3.8, 4) is 0 Å². The highest BCUT2D eigenvalue weighted by Gasteiger charge is 2.29. The fraction of sp³-hybridized carbons (Fsp3) is 0.562. The van der Waals surface area contributed by atoms with Gasteiger partial charge in [0.05, 0.1) is 5.41 Å². The van der Waals surface area contributed by atoms with Gasteiger partial charge >= 0.3 is 0 Å². The lowest BCUT2D eigenvalue weighted by Crippen LogP contribution is -2.31. The predicted molar refractivity (Wildman–Crippen MR) is 79.4 cm³/mol. The molecule has 3 heteroatoms. The molecule has 104 valence electrons. The molecule has 0 aliphatic carbocycles. The molecule has 0 aliphatic rings. The van der Waals surface area contributed by atoms with Crippen LogP contribution in [-0.4, -0.2) is 11.5 Å². The highest BCUT2D eigenvalue weighted by atomic mass is 16.3. The van der Waals surface area contributed by atoms with Crippen molar-refractivity contribution in [2.45, 2.75) is 51.9 Å². The van der Waals surface area contributed by atoms with E-state index in [1.807, 2.05) is 6.07 Å². The van der Waals surface area contributed by atoms with Crippen molar-refractivity contribution in [1.29, 1.82) is 0 Å². The van der Waals surface area contributed by atoms with Gasteiger partial charge in [-0.05, 0) is 36.5 Å². The number of aromatic nitrogens is 1. The molecule has 0 saturated carbocycles. The first-order chi connectivity index (χ1) is 8.80. The van der Waals surface area contributed by atoms with Gasteiger partial charge in [0, 0.05) is 6.54 Å². The van der Waals surface area contributed by atoms with Crippen LogP contribution >= 0.6 is 0 Å². The summed E-state index contributed by atoms with van der Waals surface area (Å²) >= 11 is 0. The fourth-order valence-electron chi connectivity index (χ4n) is 2.03. The number of hydrogen-bond donors (Lipinski definition) is 1. The Morgan fingerprint density at radius 3 is 2.42 bits per heavy atom.